The Labute approximate surface area is 99.6 Å². The molecule has 3 nitrogen and oxygen atoms in total. The topological polar surface area (TPSA) is 49.3 Å². The Hall–Kier alpha value is -0.570. The fourth-order valence-electron chi connectivity index (χ4n) is 1.25. The van der Waals surface area contributed by atoms with Crippen molar-refractivity contribution in [3.63, 3.8) is 0 Å². The summed E-state index contributed by atoms with van der Waals surface area (Å²) in [5.41, 5.74) is 0.0899. The lowest BCUT2D eigenvalue weighted by Crippen LogP contribution is -2.42. The van der Waals surface area contributed by atoms with Gasteiger partial charge in [0.25, 0.3) is 0 Å². The third-order valence-corrected chi connectivity index (χ3v) is 3.62. The molecule has 0 saturated heterocycles. The van der Waals surface area contributed by atoms with Gasteiger partial charge in [-0.25, -0.2) is 0 Å². The van der Waals surface area contributed by atoms with Gasteiger partial charge in [-0.2, -0.15) is 0 Å². The highest BCUT2D eigenvalue weighted by atomic mass is 16.3. The molecule has 0 aliphatic heterocycles. The molecule has 1 amide bonds. The van der Waals surface area contributed by atoms with Crippen molar-refractivity contribution in [2.45, 2.75) is 41.5 Å². The van der Waals surface area contributed by atoms with E-state index >= 15 is 0 Å². The Morgan fingerprint density at radius 3 is 2.06 bits per heavy atom. The standard InChI is InChI=1S/C13H27NO2/c1-9(2)11(7-15)12(16)14-8-13(5,6)10(3)4/h9-11,15H,7-8H2,1-6H3,(H,14,16). The maximum absolute atomic E-state index is 11.8. The van der Waals surface area contributed by atoms with Gasteiger partial charge in [0.2, 0.25) is 5.91 Å². The highest BCUT2D eigenvalue weighted by Crippen LogP contribution is 2.24. The van der Waals surface area contributed by atoms with Crippen LogP contribution in [0.5, 0.6) is 0 Å². The molecule has 0 aliphatic carbocycles. The molecule has 0 radical (unpaired) electrons. The zero-order valence-corrected chi connectivity index (χ0v) is 11.5. The van der Waals surface area contributed by atoms with Crippen LogP contribution in [-0.4, -0.2) is 24.2 Å². The van der Waals surface area contributed by atoms with E-state index in [4.69, 9.17) is 5.11 Å². The average molecular weight is 229 g/mol. The summed E-state index contributed by atoms with van der Waals surface area (Å²) in [6.07, 6.45) is 0. The van der Waals surface area contributed by atoms with Crippen molar-refractivity contribution in [1.82, 2.24) is 5.32 Å². The first kappa shape index (κ1) is 15.4. The molecule has 0 fully saturated rings. The van der Waals surface area contributed by atoms with Gasteiger partial charge < -0.3 is 10.4 Å². The molecule has 0 aromatic rings. The van der Waals surface area contributed by atoms with Crippen molar-refractivity contribution in [2.75, 3.05) is 13.2 Å². The van der Waals surface area contributed by atoms with Crippen LogP contribution in [-0.2, 0) is 4.79 Å². The van der Waals surface area contributed by atoms with E-state index < -0.39 is 0 Å². The van der Waals surface area contributed by atoms with E-state index in [9.17, 15) is 4.79 Å². The summed E-state index contributed by atoms with van der Waals surface area (Å²) in [5, 5.41) is 12.1. The van der Waals surface area contributed by atoms with Crippen LogP contribution in [0.15, 0.2) is 0 Å². The van der Waals surface area contributed by atoms with Crippen molar-refractivity contribution >= 4 is 5.91 Å². The van der Waals surface area contributed by atoms with Crippen LogP contribution in [0.1, 0.15) is 41.5 Å². The number of hydrogen-bond donors (Lipinski definition) is 2. The van der Waals surface area contributed by atoms with Crippen molar-refractivity contribution in [3.8, 4) is 0 Å². The summed E-state index contributed by atoms with van der Waals surface area (Å²) in [6.45, 7) is 13.1. The first-order valence-corrected chi connectivity index (χ1v) is 6.11. The number of hydrogen-bond acceptors (Lipinski definition) is 2. The minimum Gasteiger partial charge on any atom is -0.396 e. The second kappa shape index (κ2) is 6.24. The van der Waals surface area contributed by atoms with Gasteiger partial charge >= 0.3 is 0 Å². The van der Waals surface area contributed by atoms with Crippen LogP contribution < -0.4 is 5.32 Å². The molecule has 96 valence electrons. The van der Waals surface area contributed by atoms with Crippen LogP contribution in [0.25, 0.3) is 0 Å². The summed E-state index contributed by atoms with van der Waals surface area (Å²) in [7, 11) is 0. The molecule has 0 aliphatic rings. The number of aliphatic hydroxyl groups excluding tert-OH is 1. The summed E-state index contributed by atoms with van der Waals surface area (Å²) in [5.74, 6) is 0.362. The van der Waals surface area contributed by atoms with Crippen LogP contribution in [0.2, 0.25) is 0 Å². The summed E-state index contributed by atoms with van der Waals surface area (Å²) >= 11 is 0. The zero-order chi connectivity index (χ0) is 12.9. The Balaban J connectivity index is 4.26. The average Bonchev–Trinajstić information content (AvgIpc) is 2.15. The molecule has 2 N–H and O–H groups in total. The van der Waals surface area contributed by atoms with E-state index in [1.807, 2.05) is 13.8 Å². The van der Waals surface area contributed by atoms with Crippen molar-refractivity contribution in [2.24, 2.45) is 23.2 Å². The number of carbonyl (C=O) groups excluding carboxylic acids is 1. The number of nitrogens with one attached hydrogen (secondary N) is 1. The Kier molecular flexibility index (Phi) is 6.01. The quantitative estimate of drug-likeness (QED) is 0.732. The largest absolute Gasteiger partial charge is 0.396 e. The van der Waals surface area contributed by atoms with E-state index in [-0.39, 0.29) is 29.8 Å². The maximum Gasteiger partial charge on any atom is 0.225 e. The van der Waals surface area contributed by atoms with Crippen LogP contribution >= 0.6 is 0 Å². The van der Waals surface area contributed by atoms with E-state index in [0.29, 0.717) is 12.5 Å². The molecule has 16 heavy (non-hydrogen) atoms. The van der Waals surface area contributed by atoms with Gasteiger partial charge in [0, 0.05) is 6.54 Å². The molecular formula is C13H27NO2. The SMILES string of the molecule is CC(C)C(CO)C(=O)NCC(C)(C)C(C)C. The summed E-state index contributed by atoms with van der Waals surface area (Å²) in [6, 6.07) is 0. The van der Waals surface area contributed by atoms with Crippen LogP contribution in [0.4, 0.5) is 0 Å². The van der Waals surface area contributed by atoms with Gasteiger partial charge in [-0.15, -0.1) is 0 Å². The molecule has 0 saturated carbocycles. The Morgan fingerprint density at radius 2 is 1.75 bits per heavy atom. The highest BCUT2D eigenvalue weighted by Gasteiger charge is 2.26. The third-order valence-electron chi connectivity index (χ3n) is 3.62. The number of rotatable bonds is 6. The van der Waals surface area contributed by atoms with Gasteiger partial charge in [-0.3, -0.25) is 4.79 Å². The zero-order valence-electron chi connectivity index (χ0n) is 11.5. The van der Waals surface area contributed by atoms with Gasteiger partial charge in [0.15, 0.2) is 0 Å². The Bertz CT molecular complexity index is 222. The molecule has 0 bridgehead atoms. The smallest absolute Gasteiger partial charge is 0.225 e. The monoisotopic (exact) mass is 229 g/mol. The first-order chi connectivity index (χ1) is 7.22. The molecule has 0 spiro atoms. The number of aliphatic hydroxyl groups is 1. The lowest BCUT2D eigenvalue weighted by atomic mass is 9.81. The first-order valence-electron chi connectivity index (χ1n) is 6.11. The Morgan fingerprint density at radius 1 is 1.25 bits per heavy atom. The molecule has 0 rings (SSSR count). The molecule has 0 aromatic heterocycles. The molecular weight excluding hydrogens is 202 g/mol. The normalized spacial score (nSPS) is 14.3. The molecule has 0 aromatic carbocycles. The third kappa shape index (κ3) is 4.52. The number of amides is 1. The fourth-order valence-corrected chi connectivity index (χ4v) is 1.25. The summed E-state index contributed by atoms with van der Waals surface area (Å²) in [4.78, 5) is 11.8. The number of carbonyl (C=O) groups is 1. The molecule has 1 unspecified atom stereocenters. The van der Waals surface area contributed by atoms with Crippen LogP contribution in [0.3, 0.4) is 0 Å². The van der Waals surface area contributed by atoms with Gasteiger partial charge in [-0.1, -0.05) is 41.5 Å². The van der Waals surface area contributed by atoms with Crippen LogP contribution in [0, 0.1) is 23.2 Å². The maximum atomic E-state index is 11.8. The second-order valence-corrected chi connectivity index (χ2v) is 5.89. The molecule has 1 atom stereocenters. The second-order valence-electron chi connectivity index (χ2n) is 5.89. The fraction of sp³-hybridized carbons (Fsp3) is 0.923. The molecule has 0 heterocycles. The molecule has 3 heteroatoms. The lowest BCUT2D eigenvalue weighted by Gasteiger charge is -2.30. The van der Waals surface area contributed by atoms with Crippen molar-refractivity contribution in [1.29, 1.82) is 0 Å². The summed E-state index contributed by atoms with van der Waals surface area (Å²) < 4.78 is 0. The minimum atomic E-state index is -0.289. The van der Waals surface area contributed by atoms with E-state index in [0.717, 1.165) is 0 Å². The van der Waals surface area contributed by atoms with Gasteiger partial charge in [0.05, 0.1) is 12.5 Å². The van der Waals surface area contributed by atoms with Gasteiger partial charge in [-0.05, 0) is 17.3 Å². The van der Waals surface area contributed by atoms with Crippen molar-refractivity contribution < 1.29 is 9.90 Å². The lowest BCUT2D eigenvalue weighted by molar-refractivity contribution is -0.128. The van der Waals surface area contributed by atoms with E-state index in [2.05, 4.69) is 33.0 Å². The van der Waals surface area contributed by atoms with E-state index in [1.54, 1.807) is 0 Å². The predicted octanol–water partition coefficient (Wildman–Crippen LogP) is 2.05. The van der Waals surface area contributed by atoms with Crippen molar-refractivity contribution in [3.05, 3.63) is 0 Å². The predicted molar refractivity (Wildman–Crippen MR) is 67.0 cm³/mol. The van der Waals surface area contributed by atoms with Gasteiger partial charge in [0.1, 0.15) is 0 Å². The highest BCUT2D eigenvalue weighted by molar-refractivity contribution is 5.79. The van der Waals surface area contributed by atoms with E-state index in [1.165, 1.54) is 0 Å². The minimum absolute atomic E-state index is 0.0359.